The van der Waals surface area contributed by atoms with Crippen LogP contribution in [0.4, 0.5) is 0 Å². The molecule has 1 spiro atoms. The van der Waals surface area contributed by atoms with Crippen molar-refractivity contribution in [1.29, 1.82) is 0 Å². The number of carbonyl (C=O) groups excluding carboxylic acids is 2. The first-order valence-electron chi connectivity index (χ1n) is 12.4. The predicted molar refractivity (Wildman–Crippen MR) is 134 cm³/mol. The summed E-state index contributed by atoms with van der Waals surface area (Å²) in [5, 5.41) is 8.73. The number of likely N-dealkylation sites (tertiary alicyclic amines) is 1. The van der Waals surface area contributed by atoms with Gasteiger partial charge in [0.2, 0.25) is 5.91 Å². The largest absolute Gasteiger partial charge is 0.361 e. The van der Waals surface area contributed by atoms with E-state index in [-0.39, 0.29) is 23.1 Å². The van der Waals surface area contributed by atoms with Crippen LogP contribution < -0.4 is 5.32 Å². The number of para-hydroxylation sites is 2. The van der Waals surface area contributed by atoms with Crippen LogP contribution in [0.2, 0.25) is 0 Å². The van der Waals surface area contributed by atoms with Crippen LogP contribution in [0.15, 0.2) is 73.2 Å². The van der Waals surface area contributed by atoms with Crippen molar-refractivity contribution in [3.05, 3.63) is 84.3 Å². The van der Waals surface area contributed by atoms with E-state index in [0.717, 1.165) is 36.9 Å². The lowest BCUT2D eigenvalue weighted by Crippen LogP contribution is -2.40. The lowest BCUT2D eigenvalue weighted by molar-refractivity contribution is -0.123. The average molecular weight is 468 g/mol. The fourth-order valence-electron chi connectivity index (χ4n) is 5.55. The number of rotatable bonds is 6. The number of hydrogen-bond donors (Lipinski definition) is 2. The summed E-state index contributed by atoms with van der Waals surface area (Å²) in [7, 11) is 0. The first-order chi connectivity index (χ1) is 17.1. The Morgan fingerprint density at radius 2 is 1.83 bits per heavy atom. The second-order valence-electron chi connectivity index (χ2n) is 9.82. The van der Waals surface area contributed by atoms with E-state index >= 15 is 0 Å². The number of benzene rings is 2. The Labute approximate surface area is 204 Å². The van der Waals surface area contributed by atoms with Gasteiger partial charge in [-0.25, -0.2) is 4.68 Å². The number of hydrogen-bond acceptors (Lipinski definition) is 3. The quantitative estimate of drug-likeness (QED) is 0.450. The monoisotopic (exact) mass is 467 g/mol. The van der Waals surface area contributed by atoms with Gasteiger partial charge in [-0.05, 0) is 54.9 Å². The van der Waals surface area contributed by atoms with Crippen LogP contribution in [0.3, 0.4) is 0 Å². The van der Waals surface area contributed by atoms with Crippen molar-refractivity contribution in [1.82, 2.24) is 25.0 Å². The van der Waals surface area contributed by atoms with E-state index in [2.05, 4.69) is 27.5 Å². The molecule has 0 radical (unpaired) electrons. The van der Waals surface area contributed by atoms with E-state index < -0.39 is 0 Å². The zero-order valence-corrected chi connectivity index (χ0v) is 19.6. The maximum Gasteiger partial charge on any atom is 0.257 e. The minimum Gasteiger partial charge on any atom is -0.361 e. The van der Waals surface area contributed by atoms with Crippen LogP contribution in [0.1, 0.15) is 35.2 Å². The lowest BCUT2D eigenvalue weighted by atomic mass is 9.90. The molecule has 2 fully saturated rings. The van der Waals surface area contributed by atoms with Gasteiger partial charge in [0.15, 0.2) is 0 Å². The van der Waals surface area contributed by atoms with Gasteiger partial charge >= 0.3 is 0 Å². The Morgan fingerprint density at radius 3 is 2.66 bits per heavy atom. The fourth-order valence-corrected chi connectivity index (χ4v) is 5.55. The Kier molecular flexibility index (Phi) is 5.40. The van der Waals surface area contributed by atoms with Crippen molar-refractivity contribution in [2.24, 2.45) is 11.3 Å². The van der Waals surface area contributed by atoms with Crippen LogP contribution in [-0.2, 0) is 11.2 Å². The molecule has 1 aliphatic carbocycles. The summed E-state index contributed by atoms with van der Waals surface area (Å²) >= 11 is 0. The topological polar surface area (TPSA) is 83.0 Å². The first kappa shape index (κ1) is 21.6. The SMILES string of the molecule is O=C(NCCc1c[nH]c2ccccc12)[C@H]1CC12CCN(C(=O)c1cnn(-c3ccccc3)c1)CC2. The number of nitrogens with one attached hydrogen (secondary N) is 2. The number of carbonyl (C=O) groups is 2. The minimum absolute atomic E-state index is 0.0161. The Hall–Kier alpha value is -3.87. The fraction of sp³-hybridized carbons (Fsp3) is 0.321. The summed E-state index contributed by atoms with van der Waals surface area (Å²) in [6.07, 6.45) is 8.97. The van der Waals surface area contributed by atoms with Crippen molar-refractivity contribution >= 4 is 22.7 Å². The molecule has 7 heteroatoms. The normalized spacial score (nSPS) is 18.6. The molecule has 2 N–H and O–H groups in total. The maximum atomic E-state index is 13.0. The van der Waals surface area contributed by atoms with E-state index in [9.17, 15) is 9.59 Å². The van der Waals surface area contributed by atoms with E-state index in [4.69, 9.17) is 0 Å². The van der Waals surface area contributed by atoms with Crippen molar-refractivity contribution in [2.45, 2.75) is 25.7 Å². The summed E-state index contributed by atoms with van der Waals surface area (Å²) in [6, 6.07) is 18.0. The number of fused-ring (bicyclic) bond motifs is 1. The summed E-state index contributed by atoms with van der Waals surface area (Å²) in [4.78, 5) is 31.1. The third-order valence-corrected chi connectivity index (χ3v) is 7.77. The Balaban J connectivity index is 0.998. The molecule has 6 rings (SSSR count). The molecular weight excluding hydrogens is 438 g/mol. The zero-order chi connectivity index (χ0) is 23.8. The zero-order valence-electron chi connectivity index (χ0n) is 19.6. The summed E-state index contributed by atoms with van der Waals surface area (Å²) in [6.45, 7) is 2.02. The van der Waals surface area contributed by atoms with Gasteiger partial charge in [-0.2, -0.15) is 5.10 Å². The highest BCUT2D eigenvalue weighted by Crippen LogP contribution is 2.59. The van der Waals surface area contributed by atoms with Crippen LogP contribution in [0.25, 0.3) is 16.6 Å². The molecule has 2 amide bonds. The average Bonchev–Trinajstić information content (AvgIpc) is 3.23. The van der Waals surface area contributed by atoms with E-state index in [1.54, 1.807) is 17.1 Å². The van der Waals surface area contributed by atoms with Gasteiger partial charge in [0.25, 0.3) is 5.91 Å². The predicted octanol–water partition coefficient (Wildman–Crippen LogP) is 3.95. The van der Waals surface area contributed by atoms with Crippen LogP contribution >= 0.6 is 0 Å². The van der Waals surface area contributed by atoms with Gasteiger partial charge in [-0.1, -0.05) is 36.4 Å². The molecular formula is C28H29N5O2. The van der Waals surface area contributed by atoms with Gasteiger partial charge in [-0.3, -0.25) is 9.59 Å². The summed E-state index contributed by atoms with van der Waals surface area (Å²) in [5.41, 5.74) is 3.96. The molecule has 3 heterocycles. The minimum atomic E-state index is 0.0161. The molecule has 0 unspecified atom stereocenters. The Morgan fingerprint density at radius 1 is 1.06 bits per heavy atom. The number of H-pyrrole nitrogens is 1. The van der Waals surface area contributed by atoms with Gasteiger partial charge in [-0.15, -0.1) is 0 Å². The van der Waals surface area contributed by atoms with Crippen LogP contribution in [-0.4, -0.2) is 51.1 Å². The molecule has 4 aromatic rings. The highest BCUT2D eigenvalue weighted by Gasteiger charge is 2.58. The van der Waals surface area contributed by atoms with E-state index in [1.165, 1.54) is 10.9 Å². The summed E-state index contributed by atoms with van der Waals surface area (Å²) < 4.78 is 1.73. The van der Waals surface area contributed by atoms with Crippen molar-refractivity contribution < 1.29 is 9.59 Å². The second-order valence-corrected chi connectivity index (χ2v) is 9.82. The van der Waals surface area contributed by atoms with Gasteiger partial charge < -0.3 is 15.2 Å². The van der Waals surface area contributed by atoms with Gasteiger partial charge in [0.05, 0.1) is 17.4 Å². The molecule has 178 valence electrons. The number of piperidine rings is 1. The molecule has 35 heavy (non-hydrogen) atoms. The van der Waals surface area contributed by atoms with Crippen LogP contribution in [0.5, 0.6) is 0 Å². The highest BCUT2D eigenvalue weighted by atomic mass is 16.2. The van der Waals surface area contributed by atoms with Crippen LogP contribution in [0, 0.1) is 11.3 Å². The molecule has 1 saturated heterocycles. The molecule has 1 saturated carbocycles. The molecule has 1 atom stereocenters. The number of amides is 2. The third-order valence-electron chi connectivity index (χ3n) is 7.77. The third kappa shape index (κ3) is 4.11. The molecule has 2 aromatic heterocycles. The van der Waals surface area contributed by atoms with Crippen molar-refractivity contribution in [3.63, 3.8) is 0 Å². The maximum absolute atomic E-state index is 13.0. The van der Waals surface area contributed by atoms with Gasteiger partial charge in [0, 0.05) is 48.8 Å². The molecule has 2 aromatic carbocycles. The second kappa shape index (κ2) is 8.73. The van der Waals surface area contributed by atoms with E-state index in [0.29, 0.717) is 25.2 Å². The standard InChI is InChI=1S/C28H29N5O2/c34-26(29-13-10-20-17-30-25-9-5-4-8-23(20)25)24-16-28(24)11-14-32(15-12-28)27(35)21-18-31-33(19-21)22-6-2-1-3-7-22/h1-9,17-19,24,30H,10-16H2,(H,29,34)/t24-/m1/s1. The summed E-state index contributed by atoms with van der Waals surface area (Å²) in [5.74, 6) is 0.250. The van der Waals surface area contributed by atoms with Crippen molar-refractivity contribution in [2.75, 3.05) is 19.6 Å². The lowest BCUT2D eigenvalue weighted by Gasteiger charge is -2.32. The number of aromatic nitrogens is 3. The molecule has 1 aliphatic heterocycles. The smallest absolute Gasteiger partial charge is 0.257 e. The number of aromatic amines is 1. The number of nitrogens with zero attached hydrogens (tertiary/aromatic N) is 3. The van der Waals surface area contributed by atoms with Gasteiger partial charge in [0.1, 0.15) is 0 Å². The molecule has 0 bridgehead atoms. The first-order valence-corrected chi connectivity index (χ1v) is 12.4. The van der Waals surface area contributed by atoms with E-state index in [1.807, 2.05) is 53.6 Å². The molecule has 2 aliphatic rings. The highest BCUT2D eigenvalue weighted by molar-refractivity contribution is 5.94. The molecule has 7 nitrogen and oxygen atoms in total. The Bertz CT molecular complexity index is 1360. The van der Waals surface area contributed by atoms with Crippen molar-refractivity contribution in [3.8, 4) is 5.69 Å².